The van der Waals surface area contributed by atoms with Crippen LogP contribution in [0.25, 0.3) is 33.0 Å². The Bertz CT molecular complexity index is 1160. The van der Waals surface area contributed by atoms with Gasteiger partial charge in [0.2, 0.25) is 0 Å². The molecule has 1 aliphatic rings. The first-order valence-corrected chi connectivity index (χ1v) is 9.31. The largest absolute Gasteiger partial charge is 0.0620 e. The van der Waals surface area contributed by atoms with Crippen LogP contribution in [0.1, 0.15) is 30.5 Å². The van der Waals surface area contributed by atoms with Crippen molar-refractivity contribution >= 4 is 10.8 Å². The normalized spacial score (nSPS) is 14.3. The second kappa shape index (κ2) is 5.32. The molecule has 0 heteroatoms. The quantitative estimate of drug-likeness (QED) is 0.347. The predicted molar refractivity (Wildman–Crippen MR) is 112 cm³/mol. The van der Waals surface area contributed by atoms with E-state index in [1.165, 1.54) is 49.7 Å². The minimum atomic E-state index is 0.0212. The van der Waals surface area contributed by atoms with Crippen LogP contribution in [0.3, 0.4) is 0 Å². The molecule has 0 amide bonds. The Morgan fingerprint density at radius 2 is 1.19 bits per heavy atom. The third kappa shape index (κ3) is 1.96. The lowest BCUT2D eigenvalue weighted by atomic mass is 9.80. The minimum absolute atomic E-state index is 0.0212. The molecule has 0 aliphatic heterocycles. The lowest BCUT2D eigenvalue weighted by Crippen LogP contribution is -2.15. The molecule has 0 saturated carbocycles. The van der Waals surface area contributed by atoms with Crippen molar-refractivity contribution in [1.82, 2.24) is 0 Å². The zero-order valence-corrected chi connectivity index (χ0v) is 15.5. The standard InChI is InChI=1S/C26H22/c1-17-10-4-5-11-18(17)22-16-24-25(20-13-7-6-12-19(20)22)21-14-8-9-15-23(21)26(24,2)3/h4-16H,1-3H3. The highest BCUT2D eigenvalue weighted by molar-refractivity contribution is 6.09. The van der Waals surface area contributed by atoms with Gasteiger partial charge < -0.3 is 0 Å². The SMILES string of the molecule is Cc1ccccc1-c1cc2c(c3ccccc13)-c1ccccc1C2(C)C. The molecule has 0 spiro atoms. The fraction of sp³-hybridized carbons (Fsp3) is 0.154. The summed E-state index contributed by atoms with van der Waals surface area (Å²) in [5.74, 6) is 0. The van der Waals surface area contributed by atoms with Crippen molar-refractivity contribution in [2.24, 2.45) is 0 Å². The van der Waals surface area contributed by atoms with Gasteiger partial charge in [-0.2, -0.15) is 0 Å². The van der Waals surface area contributed by atoms with E-state index in [0.717, 1.165) is 0 Å². The lowest BCUT2D eigenvalue weighted by molar-refractivity contribution is 0.661. The second-order valence-electron chi connectivity index (χ2n) is 7.88. The first kappa shape index (κ1) is 15.4. The van der Waals surface area contributed by atoms with Crippen LogP contribution in [0.15, 0.2) is 78.9 Å². The first-order chi connectivity index (χ1) is 12.6. The molecule has 5 rings (SSSR count). The van der Waals surface area contributed by atoms with Gasteiger partial charge >= 0.3 is 0 Å². The van der Waals surface area contributed by atoms with Gasteiger partial charge in [0.1, 0.15) is 0 Å². The monoisotopic (exact) mass is 334 g/mol. The predicted octanol–water partition coefficient (Wildman–Crippen LogP) is 7.12. The van der Waals surface area contributed by atoms with Gasteiger partial charge in [0, 0.05) is 5.41 Å². The van der Waals surface area contributed by atoms with E-state index >= 15 is 0 Å². The molecule has 0 aromatic heterocycles. The summed E-state index contributed by atoms with van der Waals surface area (Å²) in [5, 5.41) is 2.70. The summed E-state index contributed by atoms with van der Waals surface area (Å²) in [6.07, 6.45) is 0. The molecule has 0 heterocycles. The van der Waals surface area contributed by atoms with Crippen molar-refractivity contribution in [3.8, 4) is 22.3 Å². The molecule has 0 atom stereocenters. The van der Waals surface area contributed by atoms with Crippen LogP contribution in [0.5, 0.6) is 0 Å². The molecule has 0 fully saturated rings. The Morgan fingerprint density at radius 1 is 0.577 bits per heavy atom. The van der Waals surface area contributed by atoms with Crippen molar-refractivity contribution in [3.63, 3.8) is 0 Å². The van der Waals surface area contributed by atoms with Gasteiger partial charge in [0.25, 0.3) is 0 Å². The highest BCUT2D eigenvalue weighted by Crippen LogP contribution is 2.53. The molecule has 1 aliphatic carbocycles. The molecule has 4 aromatic carbocycles. The van der Waals surface area contributed by atoms with Crippen LogP contribution < -0.4 is 0 Å². The zero-order chi connectivity index (χ0) is 17.9. The van der Waals surface area contributed by atoms with Gasteiger partial charge in [-0.05, 0) is 62.7 Å². The van der Waals surface area contributed by atoms with Crippen molar-refractivity contribution in [3.05, 3.63) is 95.6 Å². The van der Waals surface area contributed by atoms with Crippen molar-refractivity contribution in [1.29, 1.82) is 0 Å². The number of hydrogen-bond acceptors (Lipinski definition) is 0. The van der Waals surface area contributed by atoms with E-state index < -0.39 is 0 Å². The van der Waals surface area contributed by atoms with E-state index in [4.69, 9.17) is 0 Å². The number of fused-ring (bicyclic) bond motifs is 5. The summed E-state index contributed by atoms with van der Waals surface area (Å²) in [4.78, 5) is 0. The molecule has 0 unspecified atom stereocenters. The minimum Gasteiger partial charge on any atom is -0.0620 e. The second-order valence-corrected chi connectivity index (χ2v) is 7.88. The van der Waals surface area contributed by atoms with Crippen molar-refractivity contribution in [2.45, 2.75) is 26.2 Å². The Morgan fingerprint density at radius 3 is 1.96 bits per heavy atom. The van der Waals surface area contributed by atoms with Crippen LogP contribution in [0.4, 0.5) is 0 Å². The van der Waals surface area contributed by atoms with E-state index in [-0.39, 0.29) is 5.41 Å². The lowest BCUT2D eigenvalue weighted by Gasteiger charge is -2.23. The van der Waals surface area contributed by atoms with Crippen LogP contribution in [0, 0.1) is 6.92 Å². The van der Waals surface area contributed by atoms with Crippen molar-refractivity contribution < 1.29 is 0 Å². The van der Waals surface area contributed by atoms with Gasteiger partial charge in [-0.15, -0.1) is 0 Å². The van der Waals surface area contributed by atoms with E-state index in [1.54, 1.807) is 0 Å². The smallest absolute Gasteiger partial charge is 0.0159 e. The average molecular weight is 334 g/mol. The highest BCUT2D eigenvalue weighted by atomic mass is 14.4. The molecule has 0 saturated heterocycles. The third-order valence-electron chi connectivity index (χ3n) is 6.02. The zero-order valence-electron chi connectivity index (χ0n) is 15.5. The van der Waals surface area contributed by atoms with Crippen LogP contribution >= 0.6 is 0 Å². The van der Waals surface area contributed by atoms with E-state index in [1.807, 2.05) is 0 Å². The molecular weight excluding hydrogens is 312 g/mol. The molecule has 0 bridgehead atoms. The Kier molecular flexibility index (Phi) is 3.15. The molecule has 0 radical (unpaired) electrons. The summed E-state index contributed by atoms with van der Waals surface area (Å²) in [6, 6.07) is 28.9. The fourth-order valence-electron chi connectivity index (χ4n) is 4.65. The van der Waals surface area contributed by atoms with Crippen LogP contribution in [0.2, 0.25) is 0 Å². The Hall–Kier alpha value is -2.86. The fourth-order valence-corrected chi connectivity index (χ4v) is 4.65. The maximum atomic E-state index is 2.44. The molecular formula is C26H22. The number of rotatable bonds is 1. The maximum Gasteiger partial charge on any atom is 0.0159 e. The van der Waals surface area contributed by atoms with Gasteiger partial charge in [0.05, 0.1) is 0 Å². The number of aryl methyl sites for hydroxylation is 1. The Labute approximate surface area is 155 Å². The van der Waals surface area contributed by atoms with Gasteiger partial charge in [-0.25, -0.2) is 0 Å². The Balaban J connectivity index is 1.96. The summed E-state index contributed by atoms with van der Waals surface area (Å²) < 4.78 is 0. The average Bonchev–Trinajstić information content (AvgIpc) is 2.90. The van der Waals surface area contributed by atoms with E-state index in [2.05, 4.69) is 99.6 Å². The van der Waals surface area contributed by atoms with Gasteiger partial charge in [-0.1, -0.05) is 86.6 Å². The molecule has 0 nitrogen and oxygen atoms in total. The first-order valence-electron chi connectivity index (χ1n) is 9.31. The number of benzene rings is 4. The van der Waals surface area contributed by atoms with Crippen molar-refractivity contribution in [2.75, 3.05) is 0 Å². The molecule has 4 aromatic rings. The highest BCUT2D eigenvalue weighted by Gasteiger charge is 2.36. The van der Waals surface area contributed by atoms with Crippen LogP contribution in [-0.4, -0.2) is 0 Å². The van der Waals surface area contributed by atoms with Gasteiger partial charge in [-0.3, -0.25) is 0 Å². The third-order valence-corrected chi connectivity index (χ3v) is 6.02. The topological polar surface area (TPSA) is 0 Å². The summed E-state index contributed by atoms with van der Waals surface area (Å²) in [6.45, 7) is 6.92. The summed E-state index contributed by atoms with van der Waals surface area (Å²) >= 11 is 0. The van der Waals surface area contributed by atoms with Gasteiger partial charge in [0.15, 0.2) is 0 Å². The number of hydrogen-bond donors (Lipinski definition) is 0. The van der Waals surface area contributed by atoms with E-state index in [9.17, 15) is 0 Å². The molecule has 26 heavy (non-hydrogen) atoms. The van der Waals surface area contributed by atoms with Crippen LogP contribution in [-0.2, 0) is 5.41 Å². The molecule has 126 valence electrons. The summed E-state index contributed by atoms with van der Waals surface area (Å²) in [7, 11) is 0. The van der Waals surface area contributed by atoms with E-state index in [0.29, 0.717) is 0 Å². The summed E-state index contributed by atoms with van der Waals surface area (Å²) in [5.41, 5.74) is 9.70. The maximum absolute atomic E-state index is 2.44. The molecule has 0 N–H and O–H groups in total.